The van der Waals surface area contributed by atoms with Crippen LogP contribution in [0.5, 0.6) is 0 Å². The van der Waals surface area contributed by atoms with Crippen LogP contribution in [0.15, 0.2) is 0 Å². The van der Waals surface area contributed by atoms with Gasteiger partial charge in [0.05, 0.1) is 5.75 Å². The van der Waals surface area contributed by atoms with Crippen LogP contribution in [-0.2, 0) is 9.59 Å². The van der Waals surface area contributed by atoms with E-state index < -0.39 is 12.0 Å². The highest BCUT2D eigenvalue weighted by molar-refractivity contribution is 7.99. The molecule has 0 radical (unpaired) electrons. The predicted octanol–water partition coefficient (Wildman–Crippen LogP) is 0.719. The van der Waals surface area contributed by atoms with Crippen molar-refractivity contribution in [1.82, 2.24) is 5.32 Å². The maximum atomic E-state index is 11.0. The zero-order chi connectivity index (χ0) is 10.3. The van der Waals surface area contributed by atoms with Crippen LogP contribution in [0.25, 0.3) is 0 Å². The zero-order valence-electron chi connectivity index (χ0n) is 7.87. The van der Waals surface area contributed by atoms with Crippen LogP contribution in [0.1, 0.15) is 20.3 Å². The van der Waals surface area contributed by atoms with Gasteiger partial charge in [0, 0.05) is 0 Å². The van der Waals surface area contributed by atoms with Crippen molar-refractivity contribution in [3.05, 3.63) is 0 Å². The van der Waals surface area contributed by atoms with Gasteiger partial charge in [0.1, 0.15) is 6.04 Å². The van der Waals surface area contributed by atoms with Gasteiger partial charge in [0.15, 0.2) is 0 Å². The van der Waals surface area contributed by atoms with E-state index >= 15 is 0 Å². The van der Waals surface area contributed by atoms with Gasteiger partial charge in [-0.05, 0) is 19.1 Å². The minimum Gasteiger partial charge on any atom is -0.480 e. The summed E-state index contributed by atoms with van der Waals surface area (Å²) in [6.07, 6.45) is 1.02. The topological polar surface area (TPSA) is 66.4 Å². The van der Waals surface area contributed by atoms with Crippen molar-refractivity contribution in [1.29, 1.82) is 0 Å². The number of nitrogens with one attached hydrogen (secondary N) is 1. The number of thioether (sulfide) groups is 1. The molecule has 76 valence electrons. The maximum Gasteiger partial charge on any atom is 0.325 e. The molecule has 0 bridgehead atoms. The summed E-state index contributed by atoms with van der Waals surface area (Å²) in [5.41, 5.74) is 0. The highest BCUT2D eigenvalue weighted by atomic mass is 32.2. The summed E-state index contributed by atoms with van der Waals surface area (Å²) in [6, 6.07) is -0.797. The minimum absolute atomic E-state index is 0.214. The third-order valence-electron chi connectivity index (χ3n) is 1.33. The summed E-state index contributed by atoms with van der Waals surface area (Å²) in [6.45, 7) is 3.48. The maximum absolute atomic E-state index is 11.0. The largest absolute Gasteiger partial charge is 0.480 e. The fourth-order valence-electron chi connectivity index (χ4n) is 0.654. The molecule has 13 heavy (non-hydrogen) atoms. The number of carboxylic acids is 1. The van der Waals surface area contributed by atoms with E-state index in [1.807, 2.05) is 6.92 Å². The number of aliphatic carboxylic acids is 1. The average molecular weight is 205 g/mol. The lowest BCUT2D eigenvalue weighted by molar-refractivity contribution is -0.140. The molecule has 1 atom stereocenters. The van der Waals surface area contributed by atoms with Crippen LogP contribution in [0.2, 0.25) is 0 Å². The first-order chi connectivity index (χ1) is 6.07. The molecule has 0 spiro atoms. The number of rotatable bonds is 6. The standard InChI is InChI=1S/C8H15NO3S/c1-3-4-13-5-7(10)9-6(2)8(11)12/h6H,3-5H2,1-2H3,(H,9,10)(H,11,12). The molecule has 0 aromatic carbocycles. The second kappa shape index (κ2) is 6.77. The Morgan fingerprint density at radius 3 is 2.62 bits per heavy atom. The van der Waals surface area contributed by atoms with Crippen LogP contribution >= 0.6 is 11.8 Å². The first kappa shape index (κ1) is 12.3. The molecular weight excluding hydrogens is 190 g/mol. The summed E-state index contributed by atoms with van der Waals surface area (Å²) in [5.74, 6) is 0.0440. The molecule has 0 aliphatic carbocycles. The molecule has 1 unspecified atom stereocenters. The van der Waals surface area contributed by atoms with E-state index in [1.165, 1.54) is 18.7 Å². The third kappa shape index (κ3) is 6.45. The van der Waals surface area contributed by atoms with Crippen molar-refractivity contribution in [3.8, 4) is 0 Å². The Balaban J connectivity index is 3.56. The summed E-state index contributed by atoms with van der Waals surface area (Å²) in [5, 5.41) is 10.9. The highest BCUT2D eigenvalue weighted by Gasteiger charge is 2.12. The van der Waals surface area contributed by atoms with E-state index in [0.717, 1.165) is 12.2 Å². The molecule has 0 saturated carbocycles. The highest BCUT2D eigenvalue weighted by Crippen LogP contribution is 2.00. The predicted molar refractivity (Wildman–Crippen MR) is 52.9 cm³/mol. The molecule has 0 fully saturated rings. The van der Waals surface area contributed by atoms with Gasteiger partial charge >= 0.3 is 5.97 Å². The molecular formula is C8H15NO3S. The molecule has 0 heterocycles. The Kier molecular flexibility index (Phi) is 6.40. The Morgan fingerprint density at radius 1 is 1.54 bits per heavy atom. The van der Waals surface area contributed by atoms with Crippen molar-refractivity contribution < 1.29 is 14.7 Å². The number of carbonyl (C=O) groups excluding carboxylic acids is 1. The lowest BCUT2D eigenvalue weighted by Crippen LogP contribution is -2.39. The molecule has 0 aromatic heterocycles. The second-order valence-corrected chi connectivity index (χ2v) is 3.79. The van der Waals surface area contributed by atoms with E-state index in [4.69, 9.17) is 5.11 Å². The van der Waals surface area contributed by atoms with Crippen molar-refractivity contribution in [3.63, 3.8) is 0 Å². The van der Waals surface area contributed by atoms with Crippen molar-refractivity contribution in [2.24, 2.45) is 0 Å². The summed E-state index contributed by atoms with van der Waals surface area (Å²) >= 11 is 1.51. The lowest BCUT2D eigenvalue weighted by Gasteiger charge is -2.08. The number of amides is 1. The average Bonchev–Trinajstić information content (AvgIpc) is 2.04. The zero-order valence-corrected chi connectivity index (χ0v) is 8.69. The SMILES string of the molecule is CCCSCC(=O)NC(C)C(=O)O. The normalized spacial score (nSPS) is 12.2. The molecule has 0 rings (SSSR count). The summed E-state index contributed by atoms with van der Waals surface area (Å²) in [4.78, 5) is 21.4. The van der Waals surface area contributed by atoms with Gasteiger partial charge in [-0.25, -0.2) is 0 Å². The van der Waals surface area contributed by atoms with Gasteiger partial charge in [-0.1, -0.05) is 6.92 Å². The van der Waals surface area contributed by atoms with Gasteiger partial charge in [-0.2, -0.15) is 11.8 Å². The van der Waals surface area contributed by atoms with E-state index in [0.29, 0.717) is 5.75 Å². The van der Waals surface area contributed by atoms with Crippen molar-refractivity contribution in [2.45, 2.75) is 26.3 Å². The lowest BCUT2D eigenvalue weighted by atomic mass is 10.3. The third-order valence-corrected chi connectivity index (χ3v) is 2.49. The van der Waals surface area contributed by atoms with Crippen LogP contribution < -0.4 is 5.32 Å². The first-order valence-electron chi connectivity index (χ1n) is 4.17. The van der Waals surface area contributed by atoms with Gasteiger partial charge in [0.25, 0.3) is 0 Å². The summed E-state index contributed by atoms with van der Waals surface area (Å²) < 4.78 is 0. The van der Waals surface area contributed by atoms with E-state index in [1.54, 1.807) is 0 Å². The van der Waals surface area contributed by atoms with Crippen LogP contribution in [0.4, 0.5) is 0 Å². The number of hydrogen-bond acceptors (Lipinski definition) is 3. The number of hydrogen-bond donors (Lipinski definition) is 2. The molecule has 0 saturated heterocycles. The molecule has 5 heteroatoms. The molecule has 0 aliphatic rings. The van der Waals surface area contributed by atoms with Gasteiger partial charge < -0.3 is 10.4 Å². The van der Waals surface area contributed by atoms with Gasteiger partial charge in [0.2, 0.25) is 5.91 Å². The molecule has 4 nitrogen and oxygen atoms in total. The minimum atomic E-state index is -1.01. The fourth-order valence-corrected chi connectivity index (χ4v) is 1.36. The Bertz CT molecular complexity index is 184. The van der Waals surface area contributed by atoms with E-state index in [2.05, 4.69) is 5.32 Å². The quantitative estimate of drug-likeness (QED) is 0.627. The second-order valence-electron chi connectivity index (χ2n) is 2.68. The smallest absolute Gasteiger partial charge is 0.325 e. The van der Waals surface area contributed by atoms with Crippen LogP contribution in [0, 0.1) is 0 Å². The molecule has 0 aliphatic heterocycles. The number of carbonyl (C=O) groups is 2. The van der Waals surface area contributed by atoms with Crippen molar-refractivity contribution in [2.75, 3.05) is 11.5 Å². The number of carboxylic acid groups (broad SMARTS) is 1. The Hall–Kier alpha value is -0.710. The summed E-state index contributed by atoms with van der Waals surface area (Å²) in [7, 11) is 0. The first-order valence-corrected chi connectivity index (χ1v) is 5.33. The van der Waals surface area contributed by atoms with Crippen molar-refractivity contribution >= 4 is 23.6 Å². The Morgan fingerprint density at radius 2 is 2.15 bits per heavy atom. The van der Waals surface area contributed by atoms with Crippen LogP contribution in [-0.4, -0.2) is 34.5 Å². The molecule has 0 aromatic rings. The molecule has 1 amide bonds. The van der Waals surface area contributed by atoms with Crippen LogP contribution in [0.3, 0.4) is 0 Å². The van der Waals surface area contributed by atoms with Gasteiger partial charge in [-0.3, -0.25) is 9.59 Å². The molecule has 2 N–H and O–H groups in total. The van der Waals surface area contributed by atoms with E-state index in [-0.39, 0.29) is 5.91 Å². The fraction of sp³-hybridized carbons (Fsp3) is 0.750. The van der Waals surface area contributed by atoms with Gasteiger partial charge in [-0.15, -0.1) is 0 Å². The van der Waals surface area contributed by atoms with E-state index in [9.17, 15) is 9.59 Å². The monoisotopic (exact) mass is 205 g/mol. The Labute approximate surface area is 82.1 Å².